The number of carbonyl (C=O) groups is 1. The van der Waals surface area contributed by atoms with Crippen LogP contribution >= 0.6 is 0 Å². The molecule has 0 saturated carbocycles. The number of hydrogen-bond acceptors (Lipinski definition) is 2. The number of aryl methyl sites for hydroxylation is 1. The Labute approximate surface area is 130 Å². The second-order valence-corrected chi connectivity index (χ2v) is 5.65. The van der Waals surface area contributed by atoms with Crippen molar-refractivity contribution in [1.82, 2.24) is 5.32 Å². The van der Waals surface area contributed by atoms with Crippen molar-refractivity contribution in [2.24, 2.45) is 5.73 Å². The van der Waals surface area contributed by atoms with Crippen LogP contribution in [0.4, 0.5) is 4.39 Å². The van der Waals surface area contributed by atoms with Gasteiger partial charge in [0.1, 0.15) is 11.4 Å². The van der Waals surface area contributed by atoms with E-state index >= 15 is 0 Å². The zero-order valence-corrected chi connectivity index (χ0v) is 12.9. The SMILES string of the molecule is Cc1cc(F)ccc1CCNC(=O)C(C)(N)c1ccccc1. The number of amides is 1. The maximum atomic E-state index is 13.1. The van der Waals surface area contributed by atoms with Gasteiger partial charge in [-0.15, -0.1) is 0 Å². The molecular weight excluding hydrogens is 279 g/mol. The fourth-order valence-corrected chi connectivity index (χ4v) is 2.35. The van der Waals surface area contributed by atoms with Crippen LogP contribution in [0.1, 0.15) is 23.6 Å². The Hall–Kier alpha value is -2.20. The average Bonchev–Trinajstić information content (AvgIpc) is 2.50. The van der Waals surface area contributed by atoms with Crippen LogP contribution in [0, 0.1) is 12.7 Å². The summed E-state index contributed by atoms with van der Waals surface area (Å²) in [5, 5.41) is 2.85. The lowest BCUT2D eigenvalue weighted by Gasteiger charge is -2.24. The predicted molar refractivity (Wildman–Crippen MR) is 85.8 cm³/mol. The van der Waals surface area contributed by atoms with Gasteiger partial charge in [0.2, 0.25) is 5.91 Å². The Morgan fingerprint density at radius 1 is 1.23 bits per heavy atom. The molecule has 1 amide bonds. The molecule has 116 valence electrons. The van der Waals surface area contributed by atoms with E-state index in [1.165, 1.54) is 12.1 Å². The molecule has 3 nitrogen and oxygen atoms in total. The quantitative estimate of drug-likeness (QED) is 0.892. The third kappa shape index (κ3) is 3.71. The maximum absolute atomic E-state index is 13.1. The van der Waals surface area contributed by atoms with Crippen molar-refractivity contribution in [3.8, 4) is 0 Å². The van der Waals surface area contributed by atoms with Gasteiger partial charge in [0, 0.05) is 6.54 Å². The molecule has 3 N–H and O–H groups in total. The molecule has 1 atom stereocenters. The molecule has 22 heavy (non-hydrogen) atoms. The minimum atomic E-state index is -1.07. The summed E-state index contributed by atoms with van der Waals surface area (Å²) in [6.45, 7) is 4.02. The largest absolute Gasteiger partial charge is 0.354 e. The molecule has 0 aliphatic carbocycles. The molecule has 0 heterocycles. The first-order valence-corrected chi connectivity index (χ1v) is 7.29. The first kappa shape index (κ1) is 16.2. The lowest BCUT2D eigenvalue weighted by atomic mass is 9.92. The number of nitrogens with two attached hydrogens (primary N) is 1. The van der Waals surface area contributed by atoms with Crippen molar-refractivity contribution in [1.29, 1.82) is 0 Å². The molecule has 0 spiro atoms. The third-order valence-electron chi connectivity index (χ3n) is 3.83. The van der Waals surface area contributed by atoms with Gasteiger partial charge in [-0.3, -0.25) is 4.79 Å². The zero-order valence-electron chi connectivity index (χ0n) is 12.9. The molecule has 0 radical (unpaired) electrons. The number of rotatable bonds is 5. The van der Waals surface area contributed by atoms with Crippen LogP contribution in [-0.2, 0) is 16.8 Å². The van der Waals surface area contributed by atoms with Crippen LogP contribution in [0.3, 0.4) is 0 Å². The summed E-state index contributed by atoms with van der Waals surface area (Å²) in [4.78, 5) is 12.3. The molecule has 1 unspecified atom stereocenters. The second-order valence-electron chi connectivity index (χ2n) is 5.65. The fourth-order valence-electron chi connectivity index (χ4n) is 2.35. The lowest BCUT2D eigenvalue weighted by Crippen LogP contribution is -2.49. The van der Waals surface area contributed by atoms with E-state index in [1.807, 2.05) is 37.3 Å². The predicted octanol–water partition coefficient (Wildman–Crippen LogP) is 2.67. The molecule has 0 saturated heterocycles. The van der Waals surface area contributed by atoms with Crippen LogP contribution in [0.15, 0.2) is 48.5 Å². The Kier molecular flexibility index (Phi) is 4.93. The summed E-state index contributed by atoms with van der Waals surface area (Å²) in [6.07, 6.45) is 0.642. The van der Waals surface area contributed by atoms with E-state index in [-0.39, 0.29) is 11.7 Å². The maximum Gasteiger partial charge on any atom is 0.244 e. The van der Waals surface area contributed by atoms with Gasteiger partial charge in [0.25, 0.3) is 0 Å². The highest BCUT2D eigenvalue weighted by Crippen LogP contribution is 2.17. The molecule has 0 fully saturated rings. The third-order valence-corrected chi connectivity index (χ3v) is 3.83. The molecular formula is C18H21FN2O. The minimum absolute atomic E-state index is 0.224. The van der Waals surface area contributed by atoms with Crippen LogP contribution in [0.5, 0.6) is 0 Å². The van der Waals surface area contributed by atoms with Crippen molar-refractivity contribution in [3.63, 3.8) is 0 Å². The standard InChI is InChI=1S/C18H21FN2O/c1-13-12-16(19)9-8-14(13)10-11-21-17(22)18(2,20)15-6-4-3-5-7-15/h3-9,12H,10-11,20H2,1-2H3,(H,21,22). The Morgan fingerprint density at radius 2 is 1.91 bits per heavy atom. The molecule has 2 aromatic carbocycles. The first-order chi connectivity index (χ1) is 10.4. The van der Waals surface area contributed by atoms with Crippen molar-refractivity contribution < 1.29 is 9.18 Å². The Bertz CT molecular complexity index is 653. The van der Waals surface area contributed by atoms with Gasteiger partial charge in [0.15, 0.2) is 0 Å². The summed E-state index contributed by atoms with van der Waals surface area (Å²) in [7, 11) is 0. The normalized spacial score (nSPS) is 13.5. The molecule has 0 aliphatic rings. The Balaban J connectivity index is 1.95. The highest BCUT2D eigenvalue weighted by Gasteiger charge is 2.29. The first-order valence-electron chi connectivity index (χ1n) is 7.29. The van der Waals surface area contributed by atoms with Crippen LogP contribution in [-0.4, -0.2) is 12.5 Å². The summed E-state index contributed by atoms with van der Waals surface area (Å²) >= 11 is 0. The Morgan fingerprint density at radius 3 is 2.55 bits per heavy atom. The van der Waals surface area contributed by atoms with E-state index in [1.54, 1.807) is 13.0 Å². The van der Waals surface area contributed by atoms with E-state index < -0.39 is 5.54 Å². The van der Waals surface area contributed by atoms with E-state index in [0.29, 0.717) is 13.0 Å². The van der Waals surface area contributed by atoms with Gasteiger partial charge in [-0.2, -0.15) is 0 Å². The molecule has 2 aromatic rings. The van der Waals surface area contributed by atoms with Gasteiger partial charge in [-0.1, -0.05) is 36.4 Å². The van der Waals surface area contributed by atoms with Crippen LogP contribution < -0.4 is 11.1 Å². The minimum Gasteiger partial charge on any atom is -0.354 e. The fraction of sp³-hybridized carbons (Fsp3) is 0.278. The monoisotopic (exact) mass is 300 g/mol. The van der Waals surface area contributed by atoms with E-state index in [4.69, 9.17) is 5.73 Å². The highest BCUT2D eigenvalue weighted by molar-refractivity contribution is 5.86. The van der Waals surface area contributed by atoms with Crippen molar-refractivity contribution in [2.75, 3.05) is 6.54 Å². The van der Waals surface area contributed by atoms with E-state index in [0.717, 1.165) is 16.7 Å². The highest BCUT2D eigenvalue weighted by atomic mass is 19.1. The number of carbonyl (C=O) groups excluding carboxylic acids is 1. The summed E-state index contributed by atoms with van der Waals surface area (Å²) in [6, 6.07) is 13.9. The topological polar surface area (TPSA) is 55.1 Å². The molecule has 4 heteroatoms. The molecule has 0 bridgehead atoms. The molecule has 0 aromatic heterocycles. The zero-order chi connectivity index (χ0) is 16.2. The lowest BCUT2D eigenvalue weighted by molar-refractivity contribution is -0.126. The second kappa shape index (κ2) is 6.71. The average molecular weight is 300 g/mol. The van der Waals surface area contributed by atoms with Crippen LogP contribution in [0.2, 0.25) is 0 Å². The van der Waals surface area contributed by atoms with Gasteiger partial charge < -0.3 is 11.1 Å². The molecule has 0 aliphatic heterocycles. The number of hydrogen-bond donors (Lipinski definition) is 2. The summed E-state index contributed by atoms with van der Waals surface area (Å²) in [5.41, 5.74) is 7.74. The number of nitrogens with one attached hydrogen (secondary N) is 1. The van der Waals surface area contributed by atoms with Gasteiger partial charge in [-0.25, -0.2) is 4.39 Å². The van der Waals surface area contributed by atoms with Crippen molar-refractivity contribution >= 4 is 5.91 Å². The van der Waals surface area contributed by atoms with Gasteiger partial charge in [0.05, 0.1) is 0 Å². The number of halogens is 1. The smallest absolute Gasteiger partial charge is 0.244 e. The van der Waals surface area contributed by atoms with Gasteiger partial charge in [-0.05, 0) is 49.1 Å². The van der Waals surface area contributed by atoms with Crippen LogP contribution in [0.25, 0.3) is 0 Å². The van der Waals surface area contributed by atoms with Crippen molar-refractivity contribution in [2.45, 2.75) is 25.8 Å². The molecule has 2 rings (SSSR count). The van der Waals surface area contributed by atoms with Gasteiger partial charge >= 0.3 is 0 Å². The van der Waals surface area contributed by atoms with E-state index in [9.17, 15) is 9.18 Å². The van der Waals surface area contributed by atoms with E-state index in [2.05, 4.69) is 5.32 Å². The summed E-state index contributed by atoms with van der Waals surface area (Å²) in [5.74, 6) is -0.470. The number of benzene rings is 2. The summed E-state index contributed by atoms with van der Waals surface area (Å²) < 4.78 is 13.1. The van der Waals surface area contributed by atoms with Crippen molar-refractivity contribution in [3.05, 3.63) is 71.0 Å².